The fraction of sp³-hybridized carbons (Fsp3) is 0.500. The van der Waals surface area contributed by atoms with Crippen LogP contribution in [-0.2, 0) is 14.3 Å². The minimum atomic E-state index is -0.919. The van der Waals surface area contributed by atoms with Crippen LogP contribution in [0, 0.1) is 17.2 Å². The third-order valence-electron chi connectivity index (χ3n) is 3.79. The highest BCUT2D eigenvalue weighted by atomic mass is 35.5. The summed E-state index contributed by atoms with van der Waals surface area (Å²) < 4.78 is 5.36. The van der Waals surface area contributed by atoms with Crippen LogP contribution in [0.15, 0.2) is 12.1 Å². The van der Waals surface area contributed by atoms with Crippen LogP contribution in [0.1, 0.15) is 42.3 Å². The van der Waals surface area contributed by atoms with Gasteiger partial charge in [0.25, 0.3) is 5.91 Å². The van der Waals surface area contributed by atoms with E-state index in [0.29, 0.717) is 9.21 Å². The van der Waals surface area contributed by atoms with Crippen molar-refractivity contribution in [2.24, 2.45) is 5.92 Å². The number of esters is 1. The van der Waals surface area contributed by atoms with Crippen molar-refractivity contribution in [2.75, 3.05) is 6.61 Å². The van der Waals surface area contributed by atoms with Crippen LogP contribution in [0.4, 0.5) is 0 Å². The molecule has 0 unspecified atom stereocenters. The van der Waals surface area contributed by atoms with Gasteiger partial charge in [-0.3, -0.25) is 14.4 Å². The molecule has 0 radical (unpaired) electrons. The van der Waals surface area contributed by atoms with Crippen molar-refractivity contribution in [3.05, 3.63) is 21.3 Å². The lowest BCUT2D eigenvalue weighted by Crippen LogP contribution is -2.48. The van der Waals surface area contributed by atoms with Gasteiger partial charge in [-0.05, 0) is 37.8 Å². The molecule has 2 rings (SSSR count). The first-order valence-electron chi connectivity index (χ1n) is 7.50. The van der Waals surface area contributed by atoms with Crippen LogP contribution in [0.25, 0.3) is 0 Å². The number of nitriles is 1. The van der Waals surface area contributed by atoms with E-state index in [-0.39, 0.29) is 24.5 Å². The van der Waals surface area contributed by atoms with Crippen LogP contribution in [0.5, 0.6) is 0 Å². The maximum atomic E-state index is 11.8. The van der Waals surface area contributed by atoms with Gasteiger partial charge in [0.15, 0.2) is 12.4 Å². The first kappa shape index (κ1) is 18.4. The topological polar surface area (TPSA) is 96.3 Å². The van der Waals surface area contributed by atoms with Crippen LogP contribution < -0.4 is 5.32 Å². The van der Waals surface area contributed by atoms with Crippen molar-refractivity contribution in [2.45, 2.75) is 38.1 Å². The molecule has 8 heteroatoms. The average molecular weight is 369 g/mol. The maximum absolute atomic E-state index is 11.8. The lowest BCUT2D eigenvalue weighted by atomic mass is 9.98. The predicted molar refractivity (Wildman–Crippen MR) is 88.7 cm³/mol. The molecule has 1 aromatic rings. The molecule has 128 valence electrons. The summed E-state index contributed by atoms with van der Waals surface area (Å²) in [4.78, 5) is 35.7. The van der Waals surface area contributed by atoms with Gasteiger partial charge in [-0.15, -0.1) is 11.3 Å². The van der Waals surface area contributed by atoms with Crippen LogP contribution in [-0.4, -0.2) is 29.8 Å². The molecular weight excluding hydrogens is 352 g/mol. The second kappa shape index (κ2) is 7.77. The lowest BCUT2D eigenvalue weighted by Gasteiger charge is -2.22. The van der Waals surface area contributed by atoms with Gasteiger partial charge in [-0.25, -0.2) is 0 Å². The summed E-state index contributed by atoms with van der Waals surface area (Å²) in [7, 11) is 0. The Labute approximate surface area is 148 Å². The zero-order valence-corrected chi connectivity index (χ0v) is 14.7. The minimum absolute atomic E-state index is 0.00468. The molecule has 1 aliphatic carbocycles. The molecule has 0 aliphatic heterocycles. The number of hydrogen-bond acceptors (Lipinski definition) is 6. The zero-order valence-electron chi connectivity index (χ0n) is 13.1. The SMILES string of the molecule is C[C@@](C#N)(NC(=O)COC(=O)CCC(=O)c1ccc(Cl)s1)C1CC1. The highest BCUT2D eigenvalue weighted by Gasteiger charge is 2.43. The highest BCUT2D eigenvalue weighted by molar-refractivity contribution is 7.18. The quantitative estimate of drug-likeness (QED) is 0.562. The van der Waals surface area contributed by atoms with Crippen LogP contribution in [0.3, 0.4) is 0 Å². The van der Waals surface area contributed by atoms with E-state index in [1.54, 1.807) is 19.1 Å². The molecule has 1 saturated carbocycles. The summed E-state index contributed by atoms with van der Waals surface area (Å²) in [5.41, 5.74) is -0.919. The van der Waals surface area contributed by atoms with Crippen molar-refractivity contribution in [3.8, 4) is 6.07 Å². The molecule has 1 N–H and O–H groups in total. The summed E-state index contributed by atoms with van der Waals surface area (Å²) >= 11 is 6.90. The number of ether oxygens (including phenoxy) is 1. The molecule has 0 aromatic carbocycles. The van der Waals surface area contributed by atoms with E-state index in [0.717, 1.165) is 24.2 Å². The third-order valence-corrected chi connectivity index (χ3v) is 5.07. The van der Waals surface area contributed by atoms with Gasteiger partial charge in [0, 0.05) is 6.42 Å². The number of carbonyl (C=O) groups is 3. The monoisotopic (exact) mass is 368 g/mol. The number of rotatable bonds is 8. The standard InChI is InChI=1S/C16H17ClN2O4S/c1-16(9-18,10-2-3-10)19-14(21)8-23-15(22)7-4-11(20)12-5-6-13(17)24-12/h5-6,10H,2-4,7-8H2,1H3,(H,19,21)/t16-/m0/s1. The largest absolute Gasteiger partial charge is 0.456 e. The van der Waals surface area contributed by atoms with Crippen LogP contribution >= 0.6 is 22.9 Å². The summed E-state index contributed by atoms with van der Waals surface area (Å²) in [6.07, 6.45) is 1.69. The Balaban J connectivity index is 1.70. The molecule has 6 nitrogen and oxygen atoms in total. The van der Waals surface area contributed by atoms with E-state index in [1.807, 2.05) is 0 Å². The number of amides is 1. The van der Waals surface area contributed by atoms with Crippen molar-refractivity contribution in [1.82, 2.24) is 5.32 Å². The summed E-state index contributed by atoms with van der Waals surface area (Å²) in [6, 6.07) is 5.32. The van der Waals surface area contributed by atoms with Gasteiger partial charge in [0.2, 0.25) is 0 Å². The molecular formula is C16H17ClN2O4S. The Bertz CT molecular complexity index is 692. The summed E-state index contributed by atoms with van der Waals surface area (Å²) in [6.45, 7) is 1.21. The Morgan fingerprint density at radius 1 is 1.42 bits per heavy atom. The van der Waals surface area contributed by atoms with Crippen molar-refractivity contribution >= 4 is 40.6 Å². The second-order valence-electron chi connectivity index (χ2n) is 5.82. The minimum Gasteiger partial charge on any atom is -0.456 e. The molecule has 0 bridgehead atoms. The van der Waals surface area contributed by atoms with Gasteiger partial charge >= 0.3 is 5.97 Å². The van der Waals surface area contributed by atoms with Gasteiger partial charge < -0.3 is 10.1 Å². The number of nitrogens with one attached hydrogen (secondary N) is 1. The van der Waals surface area contributed by atoms with Crippen LogP contribution in [0.2, 0.25) is 4.34 Å². The van der Waals surface area contributed by atoms with Gasteiger partial charge in [0.1, 0.15) is 5.54 Å². The number of carbonyl (C=O) groups excluding carboxylic acids is 3. The molecule has 0 saturated heterocycles. The number of hydrogen-bond donors (Lipinski definition) is 1. The van der Waals surface area contributed by atoms with E-state index in [9.17, 15) is 14.4 Å². The maximum Gasteiger partial charge on any atom is 0.306 e. The predicted octanol–water partition coefficient (Wildman–Crippen LogP) is 2.72. The van der Waals surface area contributed by atoms with Crippen molar-refractivity contribution < 1.29 is 19.1 Å². The molecule has 1 fully saturated rings. The summed E-state index contributed by atoms with van der Waals surface area (Å²) in [5, 5.41) is 11.8. The fourth-order valence-electron chi connectivity index (χ4n) is 2.23. The number of thiophene rings is 1. The molecule has 1 aromatic heterocycles. The highest BCUT2D eigenvalue weighted by Crippen LogP contribution is 2.39. The Morgan fingerprint density at radius 3 is 2.67 bits per heavy atom. The molecule has 1 heterocycles. The van der Waals surface area contributed by atoms with E-state index >= 15 is 0 Å². The van der Waals surface area contributed by atoms with E-state index in [1.165, 1.54) is 0 Å². The smallest absolute Gasteiger partial charge is 0.306 e. The van der Waals surface area contributed by atoms with E-state index in [2.05, 4.69) is 11.4 Å². The fourth-order valence-corrected chi connectivity index (χ4v) is 3.24. The van der Waals surface area contributed by atoms with Gasteiger partial charge in [-0.1, -0.05) is 11.6 Å². The molecule has 1 aliphatic rings. The Kier molecular flexibility index (Phi) is 5.97. The zero-order chi connectivity index (χ0) is 17.7. The van der Waals surface area contributed by atoms with Crippen molar-refractivity contribution in [3.63, 3.8) is 0 Å². The molecule has 24 heavy (non-hydrogen) atoms. The molecule has 1 atom stereocenters. The number of Topliss-reactive ketones (excluding diaryl/α,β-unsaturated/α-hetero) is 1. The van der Waals surface area contributed by atoms with Gasteiger partial charge in [0.05, 0.1) is 21.7 Å². The first-order chi connectivity index (χ1) is 11.3. The summed E-state index contributed by atoms with van der Waals surface area (Å²) in [5.74, 6) is -1.20. The molecule has 1 amide bonds. The number of halogens is 1. The van der Waals surface area contributed by atoms with Crippen molar-refractivity contribution in [1.29, 1.82) is 5.26 Å². The Hall–Kier alpha value is -1.91. The lowest BCUT2D eigenvalue weighted by molar-refractivity contribution is -0.148. The first-order valence-corrected chi connectivity index (χ1v) is 8.70. The Morgan fingerprint density at radius 2 is 2.12 bits per heavy atom. The van der Waals surface area contributed by atoms with Gasteiger partial charge in [-0.2, -0.15) is 5.26 Å². The third kappa shape index (κ3) is 5.05. The number of ketones is 1. The van der Waals surface area contributed by atoms with E-state index in [4.69, 9.17) is 21.6 Å². The second-order valence-corrected chi connectivity index (χ2v) is 7.54. The average Bonchev–Trinajstić information content (AvgIpc) is 3.33. The number of nitrogens with zero attached hydrogens (tertiary/aromatic N) is 1. The van der Waals surface area contributed by atoms with E-state index < -0.39 is 24.0 Å². The normalized spacial score (nSPS) is 15.9. The molecule has 0 spiro atoms.